The van der Waals surface area contributed by atoms with Crippen LogP contribution in [0, 0.1) is 18.3 Å². The lowest BCUT2D eigenvalue weighted by atomic mass is 9.92. The summed E-state index contributed by atoms with van der Waals surface area (Å²) in [6, 6.07) is 8.80. The molecule has 0 radical (unpaired) electrons. The van der Waals surface area contributed by atoms with Gasteiger partial charge in [0.05, 0.1) is 6.26 Å². The quantitative estimate of drug-likeness (QED) is 0.788. The van der Waals surface area contributed by atoms with E-state index >= 15 is 0 Å². The molecule has 2 aromatic rings. The molecule has 2 amide bonds. The monoisotopic (exact) mass is 353 g/mol. The molecule has 4 rings (SSSR count). The molecule has 136 valence electrons. The number of carbonyl (C=O) groups excluding carboxylic acids is 2. The number of furan rings is 1. The van der Waals surface area contributed by atoms with E-state index in [0.717, 1.165) is 43.6 Å². The van der Waals surface area contributed by atoms with Crippen LogP contribution in [0.3, 0.4) is 0 Å². The molecule has 1 aliphatic heterocycles. The number of benzene rings is 1. The first kappa shape index (κ1) is 16.8. The number of piperidine rings is 1. The molecule has 2 aliphatic rings. The van der Waals surface area contributed by atoms with Gasteiger partial charge in [-0.05, 0) is 80.6 Å². The van der Waals surface area contributed by atoms with E-state index in [9.17, 15) is 9.59 Å². The molecule has 1 saturated heterocycles. The van der Waals surface area contributed by atoms with Crippen LogP contribution in [0.15, 0.2) is 41.0 Å². The summed E-state index contributed by atoms with van der Waals surface area (Å²) >= 11 is 0. The molecule has 1 aromatic carbocycles. The molecule has 6 nitrogen and oxygen atoms in total. The van der Waals surface area contributed by atoms with Gasteiger partial charge in [0.1, 0.15) is 0 Å². The van der Waals surface area contributed by atoms with Crippen LogP contribution in [0.5, 0.6) is 0 Å². The topological polar surface area (TPSA) is 83.4 Å². The molecule has 1 unspecified atom stereocenters. The Bertz CT molecular complexity index is 823. The highest BCUT2D eigenvalue weighted by Gasteiger charge is 2.57. The largest absolute Gasteiger partial charge is 0.459 e. The van der Waals surface area contributed by atoms with Crippen molar-refractivity contribution in [2.24, 2.45) is 11.3 Å². The lowest BCUT2D eigenvalue weighted by molar-refractivity contribution is -0.118. The van der Waals surface area contributed by atoms with Crippen LogP contribution in [0.25, 0.3) is 0 Å². The Morgan fingerprint density at radius 1 is 1.19 bits per heavy atom. The minimum atomic E-state index is -0.291. The van der Waals surface area contributed by atoms with Gasteiger partial charge in [-0.2, -0.15) is 0 Å². The maximum Gasteiger partial charge on any atom is 0.291 e. The Kier molecular flexibility index (Phi) is 4.28. The van der Waals surface area contributed by atoms with Gasteiger partial charge in [-0.1, -0.05) is 0 Å². The highest BCUT2D eigenvalue weighted by atomic mass is 16.3. The van der Waals surface area contributed by atoms with Gasteiger partial charge >= 0.3 is 0 Å². The van der Waals surface area contributed by atoms with Crippen molar-refractivity contribution < 1.29 is 14.0 Å². The van der Waals surface area contributed by atoms with E-state index in [1.165, 1.54) is 6.26 Å². The molecule has 2 fully saturated rings. The zero-order valence-corrected chi connectivity index (χ0v) is 14.8. The number of amides is 2. The van der Waals surface area contributed by atoms with Gasteiger partial charge in [0.25, 0.3) is 5.91 Å². The number of anilines is 2. The zero-order valence-electron chi connectivity index (χ0n) is 14.8. The second-order valence-corrected chi connectivity index (χ2v) is 7.32. The molecule has 6 heteroatoms. The first-order valence-corrected chi connectivity index (χ1v) is 9.04. The standard InChI is InChI=1S/C20H23N3O3/c1-13-11-14(4-5-16(13)23-19(25)17-3-2-10-26-17)22-18(24)15-12-20(15)6-8-21-9-7-20/h2-5,10-11,15,21H,6-9,12H2,1H3,(H,22,24)(H,23,25). The summed E-state index contributed by atoms with van der Waals surface area (Å²) in [6.45, 7) is 3.92. The van der Waals surface area contributed by atoms with E-state index in [0.29, 0.717) is 5.69 Å². The van der Waals surface area contributed by atoms with E-state index in [4.69, 9.17) is 4.42 Å². The summed E-state index contributed by atoms with van der Waals surface area (Å²) in [7, 11) is 0. The Morgan fingerprint density at radius 3 is 2.69 bits per heavy atom. The molecule has 1 atom stereocenters. The lowest BCUT2D eigenvalue weighted by Crippen LogP contribution is -2.31. The number of hydrogen-bond donors (Lipinski definition) is 3. The van der Waals surface area contributed by atoms with Crippen LogP contribution in [-0.4, -0.2) is 24.9 Å². The van der Waals surface area contributed by atoms with Crippen LogP contribution < -0.4 is 16.0 Å². The minimum Gasteiger partial charge on any atom is -0.459 e. The Balaban J connectivity index is 1.38. The van der Waals surface area contributed by atoms with Gasteiger partial charge in [0, 0.05) is 17.3 Å². The third-order valence-corrected chi connectivity index (χ3v) is 5.59. The first-order valence-electron chi connectivity index (χ1n) is 9.04. The van der Waals surface area contributed by atoms with Crippen molar-refractivity contribution in [1.82, 2.24) is 5.32 Å². The van der Waals surface area contributed by atoms with Gasteiger partial charge in [-0.3, -0.25) is 9.59 Å². The SMILES string of the molecule is Cc1cc(NC(=O)C2CC23CCNCC3)ccc1NC(=O)c1ccco1. The van der Waals surface area contributed by atoms with Crippen molar-refractivity contribution in [1.29, 1.82) is 0 Å². The fourth-order valence-electron chi connectivity index (χ4n) is 3.90. The van der Waals surface area contributed by atoms with Crippen molar-refractivity contribution in [2.45, 2.75) is 26.2 Å². The maximum absolute atomic E-state index is 12.6. The highest BCUT2D eigenvalue weighted by molar-refractivity contribution is 6.03. The highest BCUT2D eigenvalue weighted by Crippen LogP contribution is 2.58. The van der Waals surface area contributed by atoms with E-state index in [-0.39, 0.29) is 28.9 Å². The average molecular weight is 353 g/mol. The molecule has 1 aromatic heterocycles. The van der Waals surface area contributed by atoms with Crippen molar-refractivity contribution >= 4 is 23.2 Å². The minimum absolute atomic E-state index is 0.110. The molecule has 1 spiro atoms. The van der Waals surface area contributed by atoms with Crippen molar-refractivity contribution in [3.8, 4) is 0 Å². The molecule has 1 aliphatic carbocycles. The third kappa shape index (κ3) is 3.24. The van der Waals surface area contributed by atoms with Crippen molar-refractivity contribution in [2.75, 3.05) is 23.7 Å². The maximum atomic E-state index is 12.6. The van der Waals surface area contributed by atoms with Crippen molar-refractivity contribution in [3.05, 3.63) is 47.9 Å². The zero-order chi connectivity index (χ0) is 18.1. The first-order chi connectivity index (χ1) is 12.6. The van der Waals surface area contributed by atoms with E-state index in [2.05, 4.69) is 16.0 Å². The number of hydrogen-bond acceptors (Lipinski definition) is 4. The second-order valence-electron chi connectivity index (χ2n) is 7.32. The Labute approximate surface area is 152 Å². The summed E-state index contributed by atoms with van der Waals surface area (Å²) < 4.78 is 5.10. The van der Waals surface area contributed by atoms with Crippen LogP contribution in [0.1, 0.15) is 35.4 Å². The molecule has 1 saturated carbocycles. The number of carbonyl (C=O) groups is 2. The Morgan fingerprint density at radius 2 is 2.00 bits per heavy atom. The lowest BCUT2D eigenvalue weighted by Gasteiger charge is -2.23. The molecule has 0 bridgehead atoms. The summed E-state index contributed by atoms with van der Waals surface area (Å²) in [5.74, 6) is 0.213. The summed E-state index contributed by atoms with van der Waals surface area (Å²) in [5.41, 5.74) is 2.57. The van der Waals surface area contributed by atoms with E-state index in [1.54, 1.807) is 18.2 Å². The van der Waals surface area contributed by atoms with Gasteiger partial charge in [-0.15, -0.1) is 0 Å². The van der Waals surface area contributed by atoms with Crippen LogP contribution in [0.4, 0.5) is 11.4 Å². The van der Waals surface area contributed by atoms with Crippen LogP contribution in [0.2, 0.25) is 0 Å². The fraction of sp³-hybridized carbons (Fsp3) is 0.400. The summed E-state index contributed by atoms with van der Waals surface area (Å²) in [6.07, 6.45) is 4.63. The average Bonchev–Trinajstić information content (AvgIpc) is 3.07. The van der Waals surface area contributed by atoms with Gasteiger partial charge < -0.3 is 20.4 Å². The molecule has 26 heavy (non-hydrogen) atoms. The predicted molar refractivity (Wildman–Crippen MR) is 99.1 cm³/mol. The number of rotatable bonds is 4. The molecular weight excluding hydrogens is 330 g/mol. The molecule has 3 N–H and O–H groups in total. The van der Waals surface area contributed by atoms with Gasteiger partial charge in [0.15, 0.2) is 5.76 Å². The second kappa shape index (κ2) is 6.61. The summed E-state index contributed by atoms with van der Waals surface area (Å²) in [4.78, 5) is 24.6. The Hall–Kier alpha value is -2.60. The molecule has 2 heterocycles. The van der Waals surface area contributed by atoms with E-state index < -0.39 is 0 Å². The predicted octanol–water partition coefficient (Wildman–Crippen LogP) is 3.17. The van der Waals surface area contributed by atoms with Gasteiger partial charge in [0.2, 0.25) is 5.91 Å². The van der Waals surface area contributed by atoms with Gasteiger partial charge in [-0.25, -0.2) is 0 Å². The van der Waals surface area contributed by atoms with E-state index in [1.807, 2.05) is 19.1 Å². The fourth-order valence-corrected chi connectivity index (χ4v) is 3.90. The number of nitrogens with one attached hydrogen (secondary N) is 3. The smallest absolute Gasteiger partial charge is 0.291 e. The third-order valence-electron chi connectivity index (χ3n) is 5.59. The summed E-state index contributed by atoms with van der Waals surface area (Å²) in [5, 5.41) is 9.21. The normalized spacial score (nSPS) is 20.6. The number of aryl methyl sites for hydroxylation is 1. The van der Waals surface area contributed by atoms with Crippen LogP contribution in [-0.2, 0) is 4.79 Å². The van der Waals surface area contributed by atoms with Crippen molar-refractivity contribution in [3.63, 3.8) is 0 Å². The molecular formula is C20H23N3O3. The van der Waals surface area contributed by atoms with Crippen LogP contribution >= 0.6 is 0 Å².